The van der Waals surface area contributed by atoms with Crippen LogP contribution in [-0.4, -0.2) is 16.2 Å². The maximum atomic E-state index is 11.1. The number of carbonyl (C=O) groups is 1. The average molecular weight is 209 g/mol. The molecule has 1 aliphatic carbocycles. The van der Waals surface area contributed by atoms with Crippen molar-refractivity contribution in [2.24, 2.45) is 5.92 Å². The highest BCUT2D eigenvalue weighted by Crippen LogP contribution is 2.42. The molecule has 0 radical (unpaired) electrons. The molecule has 0 aliphatic heterocycles. The molecule has 1 heterocycles. The summed E-state index contributed by atoms with van der Waals surface area (Å²) in [5, 5.41) is 13.0. The Kier molecular flexibility index (Phi) is 2.50. The largest absolute Gasteiger partial charge is 0.481 e. The van der Waals surface area contributed by atoms with Gasteiger partial charge in [-0.15, -0.1) is 0 Å². The minimum atomic E-state index is -0.791. The molecule has 1 fully saturated rings. The molecule has 1 atom stereocenters. The lowest BCUT2D eigenvalue weighted by Gasteiger charge is -2.05. The van der Waals surface area contributed by atoms with Crippen LogP contribution < -0.4 is 0 Å². The molecule has 4 nitrogen and oxygen atoms in total. The number of rotatable bonds is 4. The first-order valence-corrected chi connectivity index (χ1v) is 5.29. The van der Waals surface area contributed by atoms with Gasteiger partial charge in [-0.1, -0.05) is 19.0 Å². The topological polar surface area (TPSA) is 63.3 Å². The molecule has 82 valence electrons. The second-order valence-corrected chi connectivity index (χ2v) is 4.46. The SMILES string of the molecule is CC(C)c1cc(C(C(=O)O)C2CC2)no1. The molecule has 4 heteroatoms. The second kappa shape index (κ2) is 3.68. The van der Waals surface area contributed by atoms with Crippen molar-refractivity contribution in [2.75, 3.05) is 0 Å². The van der Waals surface area contributed by atoms with Gasteiger partial charge in [-0.25, -0.2) is 0 Å². The van der Waals surface area contributed by atoms with Crippen LogP contribution in [0.25, 0.3) is 0 Å². The summed E-state index contributed by atoms with van der Waals surface area (Å²) in [7, 11) is 0. The van der Waals surface area contributed by atoms with Gasteiger partial charge in [0.15, 0.2) is 0 Å². The number of nitrogens with zero attached hydrogens (tertiary/aromatic N) is 1. The van der Waals surface area contributed by atoms with Crippen LogP contribution in [0.15, 0.2) is 10.6 Å². The quantitative estimate of drug-likeness (QED) is 0.826. The normalized spacial score (nSPS) is 18.1. The summed E-state index contributed by atoms with van der Waals surface area (Å²) in [6, 6.07) is 1.78. The van der Waals surface area contributed by atoms with Crippen molar-refractivity contribution in [2.45, 2.75) is 38.5 Å². The molecule has 0 aromatic carbocycles. The third-order valence-corrected chi connectivity index (χ3v) is 2.79. The van der Waals surface area contributed by atoms with Gasteiger partial charge >= 0.3 is 5.97 Å². The molecule has 1 saturated carbocycles. The second-order valence-electron chi connectivity index (χ2n) is 4.46. The lowest BCUT2D eigenvalue weighted by atomic mass is 9.99. The van der Waals surface area contributed by atoms with Crippen LogP contribution in [0, 0.1) is 5.92 Å². The van der Waals surface area contributed by atoms with Crippen molar-refractivity contribution < 1.29 is 14.4 Å². The van der Waals surface area contributed by atoms with E-state index in [0.717, 1.165) is 18.6 Å². The smallest absolute Gasteiger partial charge is 0.313 e. The lowest BCUT2D eigenvalue weighted by Crippen LogP contribution is -2.13. The standard InChI is InChI=1S/C11H15NO3/c1-6(2)9-5-8(12-15-9)10(11(13)14)7-3-4-7/h5-7,10H,3-4H2,1-2H3,(H,13,14). The van der Waals surface area contributed by atoms with Gasteiger partial charge in [0.1, 0.15) is 11.7 Å². The van der Waals surface area contributed by atoms with Gasteiger partial charge in [-0.3, -0.25) is 4.79 Å². The van der Waals surface area contributed by atoms with E-state index in [2.05, 4.69) is 5.16 Å². The Labute approximate surface area is 88.3 Å². The van der Waals surface area contributed by atoms with Gasteiger partial charge in [0, 0.05) is 12.0 Å². The van der Waals surface area contributed by atoms with E-state index < -0.39 is 11.9 Å². The zero-order valence-electron chi connectivity index (χ0n) is 8.93. The van der Waals surface area contributed by atoms with Gasteiger partial charge in [0.25, 0.3) is 0 Å². The van der Waals surface area contributed by atoms with Crippen LogP contribution >= 0.6 is 0 Å². The van der Waals surface area contributed by atoms with Crippen LogP contribution in [0.1, 0.15) is 50.0 Å². The van der Waals surface area contributed by atoms with Crippen molar-refractivity contribution in [3.05, 3.63) is 17.5 Å². The van der Waals surface area contributed by atoms with Crippen molar-refractivity contribution >= 4 is 5.97 Å². The molecule has 1 unspecified atom stereocenters. The third kappa shape index (κ3) is 2.03. The number of hydrogen-bond donors (Lipinski definition) is 1. The summed E-state index contributed by atoms with van der Waals surface area (Å²) >= 11 is 0. The fraction of sp³-hybridized carbons (Fsp3) is 0.636. The van der Waals surface area contributed by atoms with Crippen LogP contribution in [-0.2, 0) is 4.79 Å². The number of carboxylic acid groups (broad SMARTS) is 1. The van der Waals surface area contributed by atoms with E-state index in [1.165, 1.54) is 0 Å². The van der Waals surface area contributed by atoms with Crippen molar-refractivity contribution in [1.82, 2.24) is 5.16 Å². The maximum Gasteiger partial charge on any atom is 0.313 e. The summed E-state index contributed by atoms with van der Waals surface area (Å²) < 4.78 is 5.12. The van der Waals surface area contributed by atoms with Crippen LogP contribution in [0.3, 0.4) is 0 Å². The molecule has 1 aromatic rings. The average Bonchev–Trinajstić information content (AvgIpc) is 2.81. The maximum absolute atomic E-state index is 11.1. The van der Waals surface area contributed by atoms with Gasteiger partial charge in [-0.2, -0.15) is 0 Å². The Balaban J connectivity index is 2.22. The van der Waals surface area contributed by atoms with Crippen molar-refractivity contribution in [3.63, 3.8) is 0 Å². The lowest BCUT2D eigenvalue weighted by molar-refractivity contribution is -0.139. The Hall–Kier alpha value is -1.32. The molecule has 0 bridgehead atoms. The fourth-order valence-electron chi connectivity index (χ4n) is 1.72. The molecule has 1 N–H and O–H groups in total. The molecule has 1 aliphatic rings. The Morgan fingerprint density at radius 2 is 2.27 bits per heavy atom. The first-order valence-electron chi connectivity index (χ1n) is 5.29. The van der Waals surface area contributed by atoms with Crippen LogP contribution in [0.4, 0.5) is 0 Å². The minimum Gasteiger partial charge on any atom is -0.481 e. The first kappa shape index (κ1) is 10.2. The van der Waals surface area contributed by atoms with Gasteiger partial charge in [0.2, 0.25) is 0 Å². The number of aromatic nitrogens is 1. The molecule has 0 spiro atoms. The predicted molar refractivity (Wildman–Crippen MR) is 53.7 cm³/mol. The zero-order valence-corrected chi connectivity index (χ0v) is 8.93. The summed E-state index contributed by atoms with van der Waals surface area (Å²) in [6.45, 7) is 3.99. The molecule has 15 heavy (non-hydrogen) atoms. The Morgan fingerprint density at radius 1 is 1.60 bits per heavy atom. The third-order valence-electron chi connectivity index (χ3n) is 2.79. The molecular formula is C11H15NO3. The highest BCUT2D eigenvalue weighted by Gasteiger charge is 2.39. The Morgan fingerprint density at radius 3 is 2.67 bits per heavy atom. The van der Waals surface area contributed by atoms with Gasteiger partial charge < -0.3 is 9.63 Å². The van der Waals surface area contributed by atoms with Gasteiger partial charge in [-0.05, 0) is 18.8 Å². The van der Waals surface area contributed by atoms with Crippen LogP contribution in [0.5, 0.6) is 0 Å². The highest BCUT2D eigenvalue weighted by atomic mass is 16.5. The summed E-state index contributed by atoms with van der Waals surface area (Å²) in [5.74, 6) is 0.00627. The number of hydrogen-bond acceptors (Lipinski definition) is 3. The summed E-state index contributed by atoms with van der Waals surface area (Å²) in [5.41, 5.74) is 0.578. The molecule has 0 saturated heterocycles. The van der Waals surface area contributed by atoms with E-state index in [1.54, 1.807) is 6.07 Å². The number of carboxylic acids is 1. The van der Waals surface area contributed by atoms with E-state index in [-0.39, 0.29) is 11.8 Å². The van der Waals surface area contributed by atoms with Crippen molar-refractivity contribution in [3.8, 4) is 0 Å². The Bertz CT molecular complexity index is 366. The highest BCUT2D eigenvalue weighted by molar-refractivity contribution is 5.76. The molecule has 0 amide bonds. The summed E-state index contributed by atoms with van der Waals surface area (Å²) in [4.78, 5) is 11.1. The first-order chi connectivity index (χ1) is 7.09. The fourth-order valence-corrected chi connectivity index (χ4v) is 1.72. The van der Waals surface area contributed by atoms with E-state index in [4.69, 9.17) is 9.63 Å². The van der Waals surface area contributed by atoms with E-state index in [1.807, 2.05) is 13.8 Å². The predicted octanol–water partition coefficient (Wildman–Crippen LogP) is 2.38. The monoisotopic (exact) mass is 209 g/mol. The van der Waals surface area contributed by atoms with Crippen molar-refractivity contribution in [1.29, 1.82) is 0 Å². The minimum absolute atomic E-state index is 0.250. The van der Waals surface area contributed by atoms with E-state index in [0.29, 0.717) is 5.69 Å². The van der Waals surface area contributed by atoms with Crippen LogP contribution in [0.2, 0.25) is 0 Å². The molecule has 2 rings (SSSR count). The number of aliphatic carboxylic acids is 1. The van der Waals surface area contributed by atoms with E-state index >= 15 is 0 Å². The molecule has 1 aromatic heterocycles. The zero-order chi connectivity index (χ0) is 11.0. The molecular weight excluding hydrogens is 194 g/mol. The van der Waals surface area contributed by atoms with Gasteiger partial charge in [0.05, 0.1) is 5.69 Å². The summed E-state index contributed by atoms with van der Waals surface area (Å²) in [6.07, 6.45) is 1.97. The van der Waals surface area contributed by atoms with E-state index in [9.17, 15) is 4.79 Å².